The van der Waals surface area contributed by atoms with Gasteiger partial charge in [-0.25, -0.2) is 0 Å². The fourth-order valence-corrected chi connectivity index (χ4v) is 4.48. The smallest absolute Gasteiger partial charge is 0.253 e. The Bertz CT molecular complexity index is 1100. The molecule has 0 bridgehead atoms. The van der Waals surface area contributed by atoms with Crippen LogP contribution in [-0.2, 0) is 18.3 Å². The van der Waals surface area contributed by atoms with Crippen LogP contribution < -0.4 is 10.6 Å². The predicted molar refractivity (Wildman–Crippen MR) is 136 cm³/mol. The minimum atomic E-state index is -0.338. The molecule has 0 aliphatic rings. The van der Waals surface area contributed by atoms with E-state index in [0.717, 1.165) is 6.42 Å². The molecule has 2 aromatic carbocycles. The highest BCUT2D eigenvalue weighted by Crippen LogP contribution is 2.25. The summed E-state index contributed by atoms with van der Waals surface area (Å²) in [5.41, 5.74) is 1.60. The van der Waals surface area contributed by atoms with E-state index >= 15 is 0 Å². The normalized spacial score (nSPS) is 11.9. The van der Waals surface area contributed by atoms with E-state index in [-0.39, 0.29) is 23.6 Å². The standard InChI is InChI=1S/C25H30ClN5O2S/c1-17(2)15-21(28-24(33)19-11-7-8-12-20(19)26)23-29-30-25(31(23)3)34-16-22(32)27-14-13-18-9-5-4-6-10-18/h4-12,17,21H,13-16H2,1-3H3,(H,27,32)(H,28,33). The van der Waals surface area contributed by atoms with Gasteiger partial charge in [0, 0.05) is 13.6 Å². The van der Waals surface area contributed by atoms with E-state index in [1.807, 2.05) is 41.9 Å². The number of benzene rings is 2. The zero-order valence-corrected chi connectivity index (χ0v) is 21.2. The average molecular weight is 500 g/mol. The van der Waals surface area contributed by atoms with Crippen LogP contribution in [0.1, 0.15) is 48.1 Å². The predicted octanol–water partition coefficient (Wildman–Crippen LogP) is 4.44. The molecular formula is C25H30ClN5O2S. The van der Waals surface area contributed by atoms with E-state index in [2.05, 4.69) is 34.7 Å². The van der Waals surface area contributed by atoms with Gasteiger partial charge in [0.25, 0.3) is 5.91 Å². The van der Waals surface area contributed by atoms with Gasteiger partial charge in [-0.15, -0.1) is 10.2 Å². The first-order valence-corrected chi connectivity index (χ1v) is 12.6. The number of rotatable bonds is 11. The fourth-order valence-electron chi connectivity index (χ4n) is 3.51. The van der Waals surface area contributed by atoms with Crippen LogP contribution >= 0.6 is 23.4 Å². The maximum Gasteiger partial charge on any atom is 0.253 e. The molecule has 9 heteroatoms. The molecule has 0 aliphatic carbocycles. The Morgan fingerprint density at radius 3 is 2.47 bits per heavy atom. The number of hydrogen-bond acceptors (Lipinski definition) is 5. The molecule has 1 heterocycles. The molecule has 7 nitrogen and oxygen atoms in total. The summed E-state index contributed by atoms with van der Waals surface area (Å²) >= 11 is 7.52. The van der Waals surface area contributed by atoms with Crippen LogP contribution in [0, 0.1) is 5.92 Å². The van der Waals surface area contributed by atoms with Crippen molar-refractivity contribution in [2.45, 2.75) is 37.9 Å². The molecule has 1 aromatic heterocycles. The van der Waals surface area contributed by atoms with Crippen LogP contribution in [0.4, 0.5) is 0 Å². The Labute approximate surface area is 209 Å². The molecule has 2 N–H and O–H groups in total. The first-order valence-electron chi connectivity index (χ1n) is 11.2. The van der Waals surface area contributed by atoms with Gasteiger partial charge in [0.15, 0.2) is 11.0 Å². The van der Waals surface area contributed by atoms with Crippen molar-refractivity contribution >= 4 is 35.2 Å². The average Bonchev–Trinajstić information content (AvgIpc) is 3.18. The van der Waals surface area contributed by atoms with Gasteiger partial charge in [-0.2, -0.15) is 0 Å². The Hall–Kier alpha value is -2.84. The fraction of sp³-hybridized carbons (Fsp3) is 0.360. The lowest BCUT2D eigenvalue weighted by Crippen LogP contribution is -2.31. The lowest BCUT2D eigenvalue weighted by Gasteiger charge is -2.20. The van der Waals surface area contributed by atoms with E-state index < -0.39 is 0 Å². The van der Waals surface area contributed by atoms with Crippen molar-refractivity contribution in [2.75, 3.05) is 12.3 Å². The number of amides is 2. The third-order valence-corrected chi connectivity index (χ3v) is 6.57. The Morgan fingerprint density at radius 1 is 1.06 bits per heavy atom. The van der Waals surface area contributed by atoms with Gasteiger partial charge in [0.2, 0.25) is 5.91 Å². The van der Waals surface area contributed by atoms with Crippen LogP contribution in [0.5, 0.6) is 0 Å². The second-order valence-electron chi connectivity index (χ2n) is 8.41. The quantitative estimate of drug-likeness (QED) is 0.381. The minimum absolute atomic E-state index is 0.0590. The number of carbonyl (C=O) groups excluding carboxylic acids is 2. The zero-order chi connectivity index (χ0) is 24.5. The molecule has 0 radical (unpaired) electrons. The van der Waals surface area contributed by atoms with Gasteiger partial charge in [0.05, 0.1) is 22.4 Å². The number of carbonyl (C=O) groups is 2. The summed E-state index contributed by atoms with van der Waals surface area (Å²) in [5.74, 6) is 0.880. The van der Waals surface area contributed by atoms with Crippen LogP contribution in [0.25, 0.3) is 0 Å². The summed E-state index contributed by atoms with van der Waals surface area (Å²) in [4.78, 5) is 25.1. The van der Waals surface area contributed by atoms with Crippen molar-refractivity contribution in [3.8, 4) is 0 Å². The lowest BCUT2D eigenvalue weighted by atomic mass is 10.0. The second kappa shape index (κ2) is 12.6. The summed E-state index contributed by atoms with van der Waals surface area (Å²) in [5, 5.41) is 15.6. The summed E-state index contributed by atoms with van der Waals surface area (Å²) < 4.78 is 1.84. The van der Waals surface area contributed by atoms with E-state index in [4.69, 9.17) is 11.6 Å². The Morgan fingerprint density at radius 2 is 1.76 bits per heavy atom. The van der Waals surface area contributed by atoms with Gasteiger partial charge >= 0.3 is 0 Å². The van der Waals surface area contributed by atoms with Gasteiger partial charge < -0.3 is 15.2 Å². The number of aromatic nitrogens is 3. The Balaban J connectivity index is 1.59. The van der Waals surface area contributed by atoms with Crippen molar-refractivity contribution in [3.05, 3.63) is 76.6 Å². The highest BCUT2D eigenvalue weighted by molar-refractivity contribution is 7.99. The number of halogens is 1. The van der Waals surface area contributed by atoms with Crippen molar-refractivity contribution < 1.29 is 9.59 Å². The van der Waals surface area contributed by atoms with E-state index in [1.165, 1.54) is 17.3 Å². The van der Waals surface area contributed by atoms with Crippen molar-refractivity contribution in [2.24, 2.45) is 13.0 Å². The van der Waals surface area contributed by atoms with Gasteiger partial charge in [-0.1, -0.05) is 79.7 Å². The number of nitrogens with zero attached hydrogens (tertiary/aromatic N) is 3. The molecule has 0 spiro atoms. The largest absolute Gasteiger partial charge is 0.355 e. The molecule has 0 saturated heterocycles. The summed E-state index contributed by atoms with van der Waals surface area (Å²) in [6, 6.07) is 16.6. The van der Waals surface area contributed by atoms with Crippen LogP contribution in [0.2, 0.25) is 5.02 Å². The van der Waals surface area contributed by atoms with Gasteiger partial charge in [-0.3, -0.25) is 9.59 Å². The molecular weight excluding hydrogens is 470 g/mol. The molecule has 3 aromatic rings. The number of hydrogen-bond donors (Lipinski definition) is 2. The molecule has 0 aliphatic heterocycles. The molecule has 3 rings (SSSR count). The SMILES string of the molecule is CC(C)CC(NC(=O)c1ccccc1Cl)c1nnc(SCC(=O)NCCc2ccccc2)n1C. The molecule has 34 heavy (non-hydrogen) atoms. The summed E-state index contributed by atoms with van der Waals surface area (Å²) in [6.07, 6.45) is 1.47. The Kier molecular flexibility index (Phi) is 9.53. The highest BCUT2D eigenvalue weighted by Gasteiger charge is 2.24. The van der Waals surface area contributed by atoms with Crippen molar-refractivity contribution in [3.63, 3.8) is 0 Å². The third kappa shape index (κ3) is 7.33. The second-order valence-corrected chi connectivity index (χ2v) is 9.76. The maximum atomic E-state index is 12.9. The van der Waals surface area contributed by atoms with Gasteiger partial charge in [-0.05, 0) is 36.5 Å². The van der Waals surface area contributed by atoms with Crippen LogP contribution in [0.15, 0.2) is 59.8 Å². The van der Waals surface area contributed by atoms with Crippen LogP contribution in [0.3, 0.4) is 0 Å². The zero-order valence-electron chi connectivity index (χ0n) is 19.6. The van der Waals surface area contributed by atoms with Crippen molar-refractivity contribution in [1.82, 2.24) is 25.4 Å². The minimum Gasteiger partial charge on any atom is -0.355 e. The van der Waals surface area contributed by atoms with Crippen molar-refractivity contribution in [1.29, 1.82) is 0 Å². The first kappa shape index (κ1) is 25.8. The van der Waals surface area contributed by atoms with E-state index in [9.17, 15) is 9.59 Å². The maximum absolute atomic E-state index is 12.9. The summed E-state index contributed by atoms with van der Waals surface area (Å²) in [7, 11) is 1.85. The molecule has 0 fully saturated rings. The topological polar surface area (TPSA) is 88.9 Å². The number of thioether (sulfide) groups is 1. The monoisotopic (exact) mass is 499 g/mol. The molecule has 1 atom stereocenters. The lowest BCUT2D eigenvalue weighted by molar-refractivity contribution is -0.118. The number of nitrogens with one attached hydrogen (secondary N) is 2. The summed E-state index contributed by atoms with van der Waals surface area (Å²) in [6.45, 7) is 4.75. The van der Waals surface area contributed by atoms with Crippen LogP contribution in [-0.4, -0.2) is 38.9 Å². The van der Waals surface area contributed by atoms with E-state index in [0.29, 0.717) is 40.5 Å². The molecule has 2 amide bonds. The third-order valence-electron chi connectivity index (χ3n) is 5.22. The highest BCUT2D eigenvalue weighted by atomic mass is 35.5. The molecule has 0 saturated carbocycles. The van der Waals surface area contributed by atoms with Gasteiger partial charge in [0.1, 0.15) is 0 Å². The molecule has 180 valence electrons. The van der Waals surface area contributed by atoms with E-state index in [1.54, 1.807) is 24.3 Å². The molecule has 1 unspecified atom stereocenters. The first-order chi connectivity index (χ1) is 16.3.